The minimum atomic E-state index is -4.75. The Balaban J connectivity index is 2.15. The van der Waals surface area contributed by atoms with Gasteiger partial charge in [-0.05, 0) is 24.6 Å². The molecule has 1 N–H and O–H groups in total. The second-order valence-electron chi connectivity index (χ2n) is 3.98. The maximum atomic E-state index is 12.1. The fourth-order valence-corrected chi connectivity index (χ4v) is 2.06. The zero-order valence-electron chi connectivity index (χ0n) is 9.25. The number of hydrogen-bond donors (Lipinski definition) is 1. The average Bonchev–Trinajstić information content (AvgIpc) is 2.19. The van der Waals surface area contributed by atoms with Crippen molar-refractivity contribution in [2.75, 3.05) is 18.1 Å². The number of benzene rings is 1. The summed E-state index contributed by atoms with van der Waals surface area (Å²) in [6, 6.07) is 4.09. The fraction of sp³-hybridized carbons (Fsp3) is 0.455. The first-order chi connectivity index (χ1) is 8.40. The second kappa shape index (κ2) is 4.85. The van der Waals surface area contributed by atoms with E-state index in [1.54, 1.807) is 0 Å². The quantitative estimate of drug-likeness (QED) is 0.925. The summed E-state index contributed by atoms with van der Waals surface area (Å²) < 4.78 is 39.9. The van der Waals surface area contributed by atoms with E-state index in [4.69, 9.17) is 16.7 Å². The van der Waals surface area contributed by atoms with Crippen LogP contribution in [0.3, 0.4) is 0 Å². The molecule has 0 saturated carbocycles. The molecule has 1 atom stereocenters. The fourth-order valence-electron chi connectivity index (χ4n) is 1.85. The topological polar surface area (TPSA) is 32.7 Å². The van der Waals surface area contributed by atoms with Gasteiger partial charge in [-0.3, -0.25) is 0 Å². The summed E-state index contributed by atoms with van der Waals surface area (Å²) >= 11 is 5.74. The van der Waals surface area contributed by atoms with Crippen molar-refractivity contribution in [2.45, 2.75) is 18.8 Å². The number of aliphatic hydroxyl groups is 1. The highest BCUT2D eigenvalue weighted by atomic mass is 35.5. The maximum absolute atomic E-state index is 12.1. The minimum Gasteiger partial charge on any atom is -0.404 e. The highest BCUT2D eigenvalue weighted by molar-refractivity contribution is 6.32. The average molecular weight is 282 g/mol. The number of rotatable bonds is 3. The summed E-state index contributed by atoms with van der Waals surface area (Å²) in [5.41, 5.74) is 0.680. The van der Waals surface area contributed by atoms with Gasteiger partial charge in [0.05, 0.1) is 17.7 Å². The Morgan fingerprint density at radius 1 is 1.44 bits per heavy atom. The molecule has 1 aromatic rings. The Morgan fingerprint density at radius 2 is 2.17 bits per heavy atom. The van der Waals surface area contributed by atoms with Crippen LogP contribution in [-0.4, -0.2) is 30.7 Å². The van der Waals surface area contributed by atoms with E-state index < -0.39 is 12.1 Å². The van der Waals surface area contributed by atoms with Crippen molar-refractivity contribution >= 4 is 17.3 Å². The van der Waals surface area contributed by atoms with Gasteiger partial charge in [-0.25, -0.2) is 0 Å². The van der Waals surface area contributed by atoms with Gasteiger partial charge in [0.15, 0.2) is 0 Å². The molecule has 1 heterocycles. The molecule has 1 aliphatic rings. The van der Waals surface area contributed by atoms with E-state index in [1.807, 2.05) is 4.90 Å². The summed E-state index contributed by atoms with van der Waals surface area (Å²) in [7, 11) is 0. The monoisotopic (exact) mass is 281 g/mol. The number of halogens is 4. The molecule has 100 valence electrons. The van der Waals surface area contributed by atoms with Gasteiger partial charge in [0.1, 0.15) is 5.75 Å². The Bertz CT molecular complexity index is 437. The summed E-state index contributed by atoms with van der Waals surface area (Å²) in [5.74, 6) is -0.422. The third kappa shape index (κ3) is 2.81. The molecular formula is C11H11ClF3NO2. The van der Waals surface area contributed by atoms with Crippen molar-refractivity contribution in [2.24, 2.45) is 0 Å². The van der Waals surface area contributed by atoms with Crippen LogP contribution in [0.1, 0.15) is 6.42 Å². The second-order valence-corrected chi connectivity index (χ2v) is 4.39. The molecule has 18 heavy (non-hydrogen) atoms. The van der Waals surface area contributed by atoms with Crippen LogP contribution in [0.5, 0.6) is 5.75 Å². The SMILES string of the molecule is OCC1CCN1c1ccc(OC(F)(F)F)c(Cl)c1. The van der Waals surface area contributed by atoms with Crippen molar-refractivity contribution in [1.82, 2.24) is 0 Å². The molecule has 0 aliphatic carbocycles. The molecule has 0 aromatic heterocycles. The summed E-state index contributed by atoms with van der Waals surface area (Å²) in [6.07, 6.45) is -3.90. The van der Waals surface area contributed by atoms with Crippen molar-refractivity contribution in [3.8, 4) is 5.75 Å². The van der Waals surface area contributed by atoms with Crippen LogP contribution in [0.4, 0.5) is 18.9 Å². The zero-order valence-corrected chi connectivity index (χ0v) is 10.0. The van der Waals surface area contributed by atoms with E-state index in [0.29, 0.717) is 5.69 Å². The van der Waals surface area contributed by atoms with Crippen LogP contribution >= 0.6 is 11.6 Å². The normalized spacial score (nSPS) is 19.6. The van der Waals surface area contributed by atoms with Crippen molar-refractivity contribution in [3.05, 3.63) is 23.2 Å². The number of ether oxygens (including phenoxy) is 1. The Morgan fingerprint density at radius 3 is 2.61 bits per heavy atom. The third-order valence-electron chi connectivity index (χ3n) is 2.83. The first-order valence-electron chi connectivity index (χ1n) is 5.33. The molecule has 1 aromatic carbocycles. The first kappa shape index (κ1) is 13.3. The van der Waals surface area contributed by atoms with Gasteiger partial charge in [-0.2, -0.15) is 0 Å². The van der Waals surface area contributed by atoms with Gasteiger partial charge in [0.25, 0.3) is 0 Å². The number of anilines is 1. The molecule has 2 rings (SSSR count). The first-order valence-corrected chi connectivity index (χ1v) is 5.71. The molecule has 0 bridgehead atoms. The molecule has 0 amide bonds. The van der Waals surface area contributed by atoms with E-state index in [0.717, 1.165) is 13.0 Å². The van der Waals surface area contributed by atoms with Crippen molar-refractivity contribution < 1.29 is 23.0 Å². The number of hydrogen-bond acceptors (Lipinski definition) is 3. The molecule has 3 nitrogen and oxygen atoms in total. The Kier molecular flexibility index (Phi) is 3.59. The lowest BCUT2D eigenvalue weighted by atomic mass is 10.0. The maximum Gasteiger partial charge on any atom is 0.573 e. The zero-order chi connectivity index (χ0) is 13.3. The van der Waals surface area contributed by atoms with E-state index in [9.17, 15) is 13.2 Å². The van der Waals surface area contributed by atoms with Gasteiger partial charge in [-0.1, -0.05) is 11.6 Å². The highest BCUT2D eigenvalue weighted by Gasteiger charge is 2.33. The van der Waals surface area contributed by atoms with E-state index >= 15 is 0 Å². The largest absolute Gasteiger partial charge is 0.573 e. The number of aliphatic hydroxyl groups excluding tert-OH is 1. The number of nitrogens with zero attached hydrogens (tertiary/aromatic N) is 1. The van der Waals surface area contributed by atoms with Gasteiger partial charge in [0, 0.05) is 12.2 Å². The third-order valence-corrected chi connectivity index (χ3v) is 3.12. The highest BCUT2D eigenvalue weighted by Crippen LogP contribution is 2.35. The lowest BCUT2D eigenvalue weighted by molar-refractivity contribution is -0.274. The molecule has 1 saturated heterocycles. The van der Waals surface area contributed by atoms with Crippen LogP contribution < -0.4 is 9.64 Å². The van der Waals surface area contributed by atoms with Crippen molar-refractivity contribution in [1.29, 1.82) is 0 Å². The molecule has 1 fully saturated rings. The van der Waals surface area contributed by atoms with Crippen molar-refractivity contribution in [3.63, 3.8) is 0 Å². The minimum absolute atomic E-state index is 0.00968. The molecule has 0 spiro atoms. The van der Waals surface area contributed by atoms with E-state index in [1.165, 1.54) is 18.2 Å². The smallest absolute Gasteiger partial charge is 0.404 e. The molecule has 1 unspecified atom stereocenters. The van der Waals surface area contributed by atoms with Crippen LogP contribution in [0.25, 0.3) is 0 Å². The number of alkyl halides is 3. The van der Waals surface area contributed by atoms with Crippen LogP contribution in [-0.2, 0) is 0 Å². The Hall–Kier alpha value is -1.14. The van der Waals surface area contributed by atoms with Crippen LogP contribution in [0, 0.1) is 0 Å². The molecular weight excluding hydrogens is 271 g/mol. The molecule has 1 aliphatic heterocycles. The molecule has 7 heteroatoms. The van der Waals surface area contributed by atoms with Gasteiger partial charge in [0.2, 0.25) is 0 Å². The summed E-state index contributed by atoms with van der Waals surface area (Å²) in [4.78, 5) is 1.88. The summed E-state index contributed by atoms with van der Waals surface area (Å²) in [6.45, 7) is 0.763. The predicted molar refractivity (Wildman–Crippen MR) is 61.0 cm³/mol. The van der Waals surface area contributed by atoms with E-state index in [-0.39, 0.29) is 17.7 Å². The Labute approximate surface area is 107 Å². The lowest BCUT2D eigenvalue weighted by Crippen LogP contribution is -2.50. The van der Waals surface area contributed by atoms with Gasteiger partial charge >= 0.3 is 6.36 Å². The lowest BCUT2D eigenvalue weighted by Gasteiger charge is -2.42. The van der Waals surface area contributed by atoms with Gasteiger partial charge in [-0.15, -0.1) is 13.2 Å². The standard InChI is InChI=1S/C11H11ClF3NO2/c12-9-5-7(16-4-3-8(16)6-17)1-2-10(9)18-11(13,14)15/h1-2,5,8,17H,3-4,6H2. The predicted octanol–water partition coefficient (Wildman–Crippen LogP) is 2.81. The van der Waals surface area contributed by atoms with Crippen LogP contribution in [0.15, 0.2) is 18.2 Å². The molecule has 0 radical (unpaired) electrons. The van der Waals surface area contributed by atoms with E-state index in [2.05, 4.69) is 4.74 Å². The van der Waals surface area contributed by atoms with Crippen LogP contribution in [0.2, 0.25) is 5.02 Å². The summed E-state index contributed by atoms with van der Waals surface area (Å²) in [5, 5.41) is 8.94. The van der Waals surface area contributed by atoms with Gasteiger partial charge < -0.3 is 14.7 Å².